The molecule has 0 aromatic rings. The van der Waals surface area contributed by atoms with Crippen LogP contribution in [0.1, 0.15) is 323 Å². The molecule has 0 heterocycles. The van der Waals surface area contributed by atoms with Crippen LogP contribution >= 0.6 is 0 Å². The third-order valence-electron chi connectivity index (χ3n) is 13.6. The van der Waals surface area contributed by atoms with Gasteiger partial charge < -0.3 is 14.2 Å². The minimum Gasteiger partial charge on any atom is -0.462 e. The predicted octanol–water partition coefficient (Wildman–Crippen LogP) is 20.6. The molecule has 0 rings (SSSR count). The number of carbonyl (C=O) groups excluding carboxylic acids is 3. The lowest BCUT2D eigenvalue weighted by molar-refractivity contribution is -0.167. The normalized spacial score (nSPS) is 12.3. The average molecular weight is 982 g/mol. The molecule has 6 nitrogen and oxygen atoms in total. The maximum absolute atomic E-state index is 12.8. The highest BCUT2D eigenvalue weighted by Gasteiger charge is 2.19. The number of unbranched alkanes of at least 4 members (excludes halogenated alkanes) is 37. The van der Waals surface area contributed by atoms with Gasteiger partial charge in [0.25, 0.3) is 0 Å². The summed E-state index contributed by atoms with van der Waals surface area (Å²) in [5.41, 5.74) is 0. The Hall–Kier alpha value is -2.63. The van der Waals surface area contributed by atoms with Crippen molar-refractivity contribution in [2.45, 2.75) is 329 Å². The fraction of sp³-hybridized carbons (Fsp3) is 0.828. The highest BCUT2D eigenvalue weighted by atomic mass is 16.6. The highest BCUT2D eigenvalue weighted by Crippen LogP contribution is 2.16. The number of hydrogen-bond donors (Lipinski definition) is 0. The van der Waals surface area contributed by atoms with E-state index in [0.29, 0.717) is 19.3 Å². The number of carbonyl (C=O) groups is 3. The summed E-state index contributed by atoms with van der Waals surface area (Å²) in [5, 5.41) is 0. The van der Waals surface area contributed by atoms with E-state index in [1.54, 1.807) is 0 Å². The van der Waals surface area contributed by atoms with Crippen LogP contribution in [0.15, 0.2) is 48.6 Å². The summed E-state index contributed by atoms with van der Waals surface area (Å²) >= 11 is 0. The zero-order chi connectivity index (χ0) is 50.7. The topological polar surface area (TPSA) is 78.9 Å². The van der Waals surface area contributed by atoms with E-state index in [4.69, 9.17) is 14.2 Å². The number of ether oxygens (including phenoxy) is 3. The smallest absolute Gasteiger partial charge is 0.306 e. The molecule has 6 heteroatoms. The van der Waals surface area contributed by atoms with Gasteiger partial charge in [0.1, 0.15) is 13.2 Å². The molecule has 0 N–H and O–H groups in total. The van der Waals surface area contributed by atoms with Gasteiger partial charge in [-0.3, -0.25) is 14.4 Å². The Morgan fingerprint density at radius 1 is 0.286 bits per heavy atom. The van der Waals surface area contributed by atoms with Crippen LogP contribution in [0.4, 0.5) is 0 Å². The standard InChI is InChI=1S/C64H116O6/c1-4-7-10-13-16-19-21-23-25-27-29-31-32-34-35-37-39-41-43-45-48-51-54-57-63(66)69-60-61(59-68-62(65)56-53-50-47-18-15-12-9-6-3)70-64(67)58-55-52-49-46-44-42-40-38-36-33-30-28-26-24-22-20-17-14-11-8-5-2/h22,24,27-30,36,38,61H,4-21,23,25-26,31-35,37,39-60H2,1-3H3/b24-22-,29-27-,30-28-,38-36-. The van der Waals surface area contributed by atoms with Crippen LogP contribution in [-0.2, 0) is 28.6 Å². The minimum absolute atomic E-state index is 0.0763. The molecule has 0 aliphatic heterocycles. The van der Waals surface area contributed by atoms with E-state index >= 15 is 0 Å². The molecule has 0 aromatic carbocycles. The molecule has 0 aromatic heterocycles. The Morgan fingerprint density at radius 2 is 0.514 bits per heavy atom. The summed E-state index contributed by atoms with van der Waals surface area (Å²) in [4.78, 5) is 38.1. The third kappa shape index (κ3) is 56.3. The number of esters is 3. The second-order valence-electron chi connectivity index (χ2n) is 20.6. The minimum atomic E-state index is -0.777. The van der Waals surface area contributed by atoms with E-state index < -0.39 is 6.10 Å². The molecule has 0 saturated carbocycles. The van der Waals surface area contributed by atoms with Crippen molar-refractivity contribution in [3.8, 4) is 0 Å². The van der Waals surface area contributed by atoms with Gasteiger partial charge in [-0.15, -0.1) is 0 Å². The quantitative estimate of drug-likeness (QED) is 0.0261. The van der Waals surface area contributed by atoms with Crippen molar-refractivity contribution in [1.82, 2.24) is 0 Å². The molecule has 70 heavy (non-hydrogen) atoms. The first kappa shape index (κ1) is 67.4. The van der Waals surface area contributed by atoms with E-state index in [0.717, 1.165) is 77.0 Å². The molecule has 0 aliphatic rings. The summed E-state index contributed by atoms with van der Waals surface area (Å²) < 4.78 is 16.8. The lowest BCUT2D eigenvalue weighted by Gasteiger charge is -2.18. The first-order valence-corrected chi connectivity index (χ1v) is 30.6. The van der Waals surface area contributed by atoms with Gasteiger partial charge in [-0.1, -0.05) is 268 Å². The van der Waals surface area contributed by atoms with Gasteiger partial charge in [0, 0.05) is 19.3 Å². The second-order valence-corrected chi connectivity index (χ2v) is 20.6. The maximum Gasteiger partial charge on any atom is 0.306 e. The fourth-order valence-corrected chi connectivity index (χ4v) is 8.92. The van der Waals surface area contributed by atoms with Crippen LogP contribution in [-0.4, -0.2) is 37.2 Å². The van der Waals surface area contributed by atoms with Crippen molar-refractivity contribution >= 4 is 17.9 Å². The molecule has 0 saturated heterocycles. The van der Waals surface area contributed by atoms with Gasteiger partial charge in [-0.05, 0) is 83.5 Å². The molecule has 0 fully saturated rings. The van der Waals surface area contributed by atoms with Crippen molar-refractivity contribution in [3.05, 3.63) is 48.6 Å². The zero-order valence-corrected chi connectivity index (χ0v) is 46.8. The summed E-state index contributed by atoms with van der Waals surface area (Å²) in [6.45, 7) is 6.62. The van der Waals surface area contributed by atoms with E-state index in [-0.39, 0.29) is 31.1 Å². The van der Waals surface area contributed by atoms with Gasteiger partial charge in [0.15, 0.2) is 6.10 Å². The van der Waals surface area contributed by atoms with Crippen molar-refractivity contribution < 1.29 is 28.6 Å². The molecule has 0 bridgehead atoms. The lowest BCUT2D eigenvalue weighted by atomic mass is 10.0. The van der Waals surface area contributed by atoms with Gasteiger partial charge in [-0.25, -0.2) is 0 Å². The van der Waals surface area contributed by atoms with Crippen LogP contribution in [0.25, 0.3) is 0 Å². The van der Waals surface area contributed by atoms with E-state index in [1.807, 2.05) is 0 Å². The lowest BCUT2D eigenvalue weighted by Crippen LogP contribution is -2.30. The molecule has 1 atom stereocenters. The SMILES string of the molecule is CCCCCCC/C=C\C/C=C\C/C=C\CCCCCCCCC(=O)OC(COC(=O)CCCCCCCCCC)COC(=O)CCCCCCCCCCCCC/C=C\CCCCCCCCCC. The van der Waals surface area contributed by atoms with Crippen LogP contribution in [0, 0.1) is 0 Å². The van der Waals surface area contributed by atoms with Crippen LogP contribution in [0.3, 0.4) is 0 Å². The molecule has 0 aliphatic carbocycles. The molecular weight excluding hydrogens is 865 g/mol. The largest absolute Gasteiger partial charge is 0.462 e. The van der Waals surface area contributed by atoms with Gasteiger partial charge in [0.05, 0.1) is 0 Å². The average Bonchev–Trinajstić information content (AvgIpc) is 3.36. The summed E-state index contributed by atoms with van der Waals surface area (Å²) in [5.74, 6) is -0.879. The summed E-state index contributed by atoms with van der Waals surface area (Å²) in [6.07, 6.45) is 72.7. The van der Waals surface area contributed by atoms with E-state index in [2.05, 4.69) is 69.4 Å². The van der Waals surface area contributed by atoms with Crippen molar-refractivity contribution in [1.29, 1.82) is 0 Å². The van der Waals surface area contributed by atoms with Gasteiger partial charge >= 0.3 is 17.9 Å². The Bertz CT molecular complexity index is 1220. The predicted molar refractivity (Wildman–Crippen MR) is 302 cm³/mol. The fourth-order valence-electron chi connectivity index (χ4n) is 8.92. The number of allylic oxidation sites excluding steroid dienone is 8. The van der Waals surface area contributed by atoms with Gasteiger partial charge in [0.2, 0.25) is 0 Å². The molecule has 1 unspecified atom stereocenters. The first-order chi connectivity index (χ1) is 34.5. The number of hydrogen-bond acceptors (Lipinski definition) is 6. The molecule has 0 spiro atoms. The Balaban J connectivity index is 4.21. The Kier molecular flexibility index (Phi) is 56.7. The molecule has 0 amide bonds. The van der Waals surface area contributed by atoms with Crippen LogP contribution in [0.5, 0.6) is 0 Å². The summed E-state index contributed by atoms with van der Waals surface area (Å²) in [6, 6.07) is 0. The number of rotatable bonds is 56. The highest BCUT2D eigenvalue weighted by molar-refractivity contribution is 5.71. The van der Waals surface area contributed by atoms with Crippen molar-refractivity contribution in [2.24, 2.45) is 0 Å². The van der Waals surface area contributed by atoms with Crippen molar-refractivity contribution in [2.75, 3.05) is 13.2 Å². The second kappa shape index (κ2) is 58.9. The summed E-state index contributed by atoms with van der Waals surface area (Å²) in [7, 11) is 0. The first-order valence-electron chi connectivity index (χ1n) is 30.6. The van der Waals surface area contributed by atoms with Crippen molar-refractivity contribution in [3.63, 3.8) is 0 Å². The Labute approximate surface area is 435 Å². The molecular formula is C64H116O6. The van der Waals surface area contributed by atoms with Gasteiger partial charge in [-0.2, -0.15) is 0 Å². The molecule has 408 valence electrons. The maximum atomic E-state index is 12.8. The van der Waals surface area contributed by atoms with E-state index in [1.165, 1.54) is 205 Å². The Morgan fingerprint density at radius 3 is 0.814 bits per heavy atom. The van der Waals surface area contributed by atoms with Crippen LogP contribution in [0.2, 0.25) is 0 Å². The molecule has 0 radical (unpaired) electrons. The monoisotopic (exact) mass is 981 g/mol. The third-order valence-corrected chi connectivity index (χ3v) is 13.6. The van der Waals surface area contributed by atoms with E-state index in [9.17, 15) is 14.4 Å². The van der Waals surface area contributed by atoms with Crippen LogP contribution < -0.4 is 0 Å². The zero-order valence-electron chi connectivity index (χ0n) is 46.8.